The van der Waals surface area contributed by atoms with E-state index in [-0.39, 0.29) is 18.6 Å². The number of nitrogens with zero attached hydrogens (tertiary/aromatic N) is 1. The van der Waals surface area contributed by atoms with Crippen molar-refractivity contribution in [3.05, 3.63) is 65.7 Å². The first-order valence-corrected chi connectivity index (χ1v) is 9.42. The van der Waals surface area contributed by atoms with Crippen LogP contribution in [-0.2, 0) is 11.3 Å². The monoisotopic (exact) mass is 386 g/mol. The van der Waals surface area contributed by atoms with Crippen LogP contribution < -0.4 is 5.32 Å². The molecule has 0 aliphatic heterocycles. The fourth-order valence-corrected chi connectivity index (χ4v) is 2.86. The fourth-order valence-electron chi connectivity index (χ4n) is 2.63. The Morgan fingerprint density at radius 1 is 1.15 bits per heavy atom. The van der Waals surface area contributed by atoms with Gasteiger partial charge in [0.05, 0.1) is 0 Å². The number of hydrogen-bond acceptors (Lipinski definition) is 4. The molecule has 0 heterocycles. The molecule has 6 heteroatoms. The first kappa shape index (κ1) is 20.8. The van der Waals surface area contributed by atoms with Crippen LogP contribution in [0.2, 0.25) is 0 Å². The molecule has 2 amide bonds. The Morgan fingerprint density at radius 2 is 1.89 bits per heavy atom. The highest BCUT2D eigenvalue weighted by molar-refractivity contribution is 7.80. The first-order chi connectivity index (χ1) is 13.0. The van der Waals surface area contributed by atoms with Gasteiger partial charge in [0.15, 0.2) is 0 Å². The van der Waals surface area contributed by atoms with Crippen LogP contribution in [0, 0.1) is 0 Å². The Hall–Kier alpha value is -2.47. The molecule has 0 saturated heterocycles. The Labute approximate surface area is 166 Å². The van der Waals surface area contributed by atoms with Crippen LogP contribution in [0.5, 0.6) is 0 Å². The van der Waals surface area contributed by atoms with Gasteiger partial charge in [0.25, 0.3) is 5.91 Å². The summed E-state index contributed by atoms with van der Waals surface area (Å²) in [6.45, 7) is 2.79. The summed E-state index contributed by atoms with van der Waals surface area (Å²) in [5.74, 6) is -0.0335. The summed E-state index contributed by atoms with van der Waals surface area (Å²) < 4.78 is 5.21. The molecule has 5 nitrogen and oxygen atoms in total. The molecule has 0 fully saturated rings. The number of carbonyl (C=O) groups excluding carboxylic acids is 2. The van der Waals surface area contributed by atoms with E-state index in [0.717, 1.165) is 23.3 Å². The lowest BCUT2D eigenvalue weighted by Gasteiger charge is -2.19. The van der Waals surface area contributed by atoms with Crippen molar-refractivity contribution in [2.24, 2.45) is 0 Å². The highest BCUT2D eigenvalue weighted by atomic mass is 32.1. The van der Waals surface area contributed by atoms with E-state index in [2.05, 4.69) is 17.9 Å². The third-order valence-corrected chi connectivity index (χ3v) is 4.43. The number of ether oxygens (including phenoxy) is 1. The molecule has 0 saturated carbocycles. The normalized spacial score (nSPS) is 11.5. The third kappa shape index (κ3) is 7.35. The van der Waals surface area contributed by atoms with Crippen molar-refractivity contribution in [3.63, 3.8) is 0 Å². The molecule has 0 unspecified atom stereocenters. The zero-order chi connectivity index (χ0) is 19.6. The number of alkyl carbamates (subject to hydrolysis) is 1. The minimum absolute atomic E-state index is 0.0301. The van der Waals surface area contributed by atoms with Crippen LogP contribution in [0.15, 0.2) is 59.5 Å². The van der Waals surface area contributed by atoms with Crippen LogP contribution >= 0.6 is 12.6 Å². The number of carbonyl (C=O) groups is 2. The number of rotatable bonds is 8. The summed E-state index contributed by atoms with van der Waals surface area (Å²) in [5.41, 5.74) is 1.58. The number of hydrogen-bond donors (Lipinski definition) is 2. The van der Waals surface area contributed by atoms with Gasteiger partial charge in [-0.1, -0.05) is 36.4 Å². The number of nitrogens with one attached hydrogen (secondary N) is 1. The standard InChI is InChI=1S/C21H26N2O3S/c1-16(22-21(25)26-15-17-9-4-3-5-10-17)8-7-13-23(2)20(24)18-11-6-12-19(27)14-18/h3-6,9-12,14,16,27H,7-8,13,15H2,1-2H3,(H,22,25)/t16-/m1/s1. The van der Waals surface area contributed by atoms with E-state index in [1.54, 1.807) is 24.1 Å². The number of thiol groups is 1. The Morgan fingerprint density at radius 3 is 2.59 bits per heavy atom. The van der Waals surface area contributed by atoms with E-state index in [1.807, 2.05) is 49.4 Å². The fraction of sp³-hybridized carbons (Fsp3) is 0.333. The lowest BCUT2D eigenvalue weighted by atomic mass is 10.1. The lowest BCUT2D eigenvalue weighted by molar-refractivity contribution is 0.0790. The van der Waals surface area contributed by atoms with Crippen molar-refractivity contribution in [2.45, 2.75) is 37.3 Å². The molecule has 144 valence electrons. The van der Waals surface area contributed by atoms with Gasteiger partial charge in [-0.25, -0.2) is 4.79 Å². The van der Waals surface area contributed by atoms with Gasteiger partial charge >= 0.3 is 6.09 Å². The molecule has 0 bridgehead atoms. The van der Waals surface area contributed by atoms with Crippen molar-refractivity contribution in [1.82, 2.24) is 10.2 Å². The zero-order valence-electron chi connectivity index (χ0n) is 15.7. The second kappa shape index (κ2) is 10.6. The van der Waals surface area contributed by atoms with Crippen LogP contribution in [0.4, 0.5) is 4.79 Å². The number of amides is 2. The Kier molecular flexibility index (Phi) is 8.20. The van der Waals surface area contributed by atoms with Gasteiger partial charge in [-0.15, -0.1) is 12.6 Å². The molecule has 0 aliphatic rings. The summed E-state index contributed by atoms with van der Waals surface area (Å²) in [6, 6.07) is 16.7. The molecule has 0 spiro atoms. The molecule has 2 aromatic rings. The smallest absolute Gasteiger partial charge is 0.407 e. The first-order valence-electron chi connectivity index (χ1n) is 8.97. The van der Waals surface area contributed by atoms with E-state index in [1.165, 1.54) is 0 Å². The van der Waals surface area contributed by atoms with Crippen LogP contribution in [0.25, 0.3) is 0 Å². The van der Waals surface area contributed by atoms with Gasteiger partial charge in [0.1, 0.15) is 6.61 Å². The minimum Gasteiger partial charge on any atom is -0.445 e. The van der Waals surface area contributed by atoms with E-state index in [0.29, 0.717) is 12.1 Å². The molecule has 1 N–H and O–H groups in total. The Balaban J connectivity index is 1.66. The van der Waals surface area contributed by atoms with Crippen molar-refractivity contribution in [3.8, 4) is 0 Å². The largest absolute Gasteiger partial charge is 0.445 e. The van der Waals surface area contributed by atoms with Gasteiger partial charge < -0.3 is 15.0 Å². The summed E-state index contributed by atoms with van der Waals surface area (Å²) >= 11 is 4.26. The van der Waals surface area contributed by atoms with Gasteiger partial charge in [-0.3, -0.25) is 4.79 Å². The SMILES string of the molecule is C[C@H](CCCN(C)C(=O)c1cccc(S)c1)NC(=O)OCc1ccccc1. The second-order valence-corrected chi connectivity index (χ2v) is 7.04. The highest BCUT2D eigenvalue weighted by Crippen LogP contribution is 2.11. The number of benzene rings is 2. The van der Waals surface area contributed by atoms with Crippen molar-refractivity contribution < 1.29 is 14.3 Å². The molecule has 0 radical (unpaired) electrons. The van der Waals surface area contributed by atoms with E-state index < -0.39 is 6.09 Å². The predicted octanol–water partition coefficient (Wildman–Crippen LogP) is 4.14. The molecule has 27 heavy (non-hydrogen) atoms. The predicted molar refractivity (Wildman–Crippen MR) is 109 cm³/mol. The van der Waals surface area contributed by atoms with E-state index in [4.69, 9.17) is 4.74 Å². The third-order valence-electron chi connectivity index (χ3n) is 4.15. The van der Waals surface area contributed by atoms with Crippen LogP contribution in [0.1, 0.15) is 35.7 Å². The zero-order valence-corrected chi connectivity index (χ0v) is 16.6. The molecule has 1 atom stereocenters. The summed E-state index contributed by atoms with van der Waals surface area (Å²) in [5, 5.41) is 2.82. The lowest BCUT2D eigenvalue weighted by Crippen LogP contribution is -2.34. The molecule has 2 aromatic carbocycles. The summed E-state index contributed by atoms with van der Waals surface area (Å²) in [4.78, 5) is 26.7. The average Bonchev–Trinajstić information content (AvgIpc) is 2.66. The Bertz CT molecular complexity index is 752. The molecule has 0 aliphatic carbocycles. The van der Waals surface area contributed by atoms with Crippen molar-refractivity contribution >= 4 is 24.6 Å². The van der Waals surface area contributed by atoms with Crippen molar-refractivity contribution in [1.29, 1.82) is 0 Å². The van der Waals surface area contributed by atoms with Gasteiger partial charge in [-0.2, -0.15) is 0 Å². The molecular weight excluding hydrogens is 360 g/mol. The van der Waals surface area contributed by atoms with E-state index >= 15 is 0 Å². The molecule has 0 aromatic heterocycles. The molecule has 2 rings (SSSR count). The topological polar surface area (TPSA) is 58.6 Å². The molecular formula is C21H26N2O3S. The van der Waals surface area contributed by atoms with Crippen molar-refractivity contribution in [2.75, 3.05) is 13.6 Å². The van der Waals surface area contributed by atoms with Gasteiger partial charge in [-0.05, 0) is 43.5 Å². The highest BCUT2D eigenvalue weighted by Gasteiger charge is 2.13. The summed E-state index contributed by atoms with van der Waals surface area (Å²) in [7, 11) is 1.78. The average molecular weight is 387 g/mol. The maximum absolute atomic E-state index is 12.4. The quantitative estimate of drug-likeness (QED) is 0.670. The maximum atomic E-state index is 12.4. The maximum Gasteiger partial charge on any atom is 0.407 e. The van der Waals surface area contributed by atoms with Gasteiger partial charge in [0.2, 0.25) is 0 Å². The second-order valence-electron chi connectivity index (χ2n) is 6.53. The van der Waals surface area contributed by atoms with Crippen LogP contribution in [-0.4, -0.2) is 36.5 Å². The van der Waals surface area contributed by atoms with Crippen LogP contribution in [0.3, 0.4) is 0 Å². The minimum atomic E-state index is -0.429. The summed E-state index contributed by atoms with van der Waals surface area (Å²) in [6.07, 6.45) is 1.11. The van der Waals surface area contributed by atoms with Gasteiger partial charge in [0, 0.05) is 30.1 Å². The van der Waals surface area contributed by atoms with E-state index in [9.17, 15) is 9.59 Å².